The lowest BCUT2D eigenvalue weighted by Crippen LogP contribution is -2.35. The second-order valence-corrected chi connectivity index (χ2v) is 4.84. The van der Waals surface area contributed by atoms with Crippen LogP contribution in [0.2, 0.25) is 0 Å². The summed E-state index contributed by atoms with van der Waals surface area (Å²) in [6.45, 7) is 12.7. The molecule has 2 rings (SSSR count). The molecule has 0 aliphatic carbocycles. The van der Waals surface area contributed by atoms with Gasteiger partial charge in [0.05, 0.1) is 6.10 Å². The first-order valence-corrected chi connectivity index (χ1v) is 7.48. The zero-order valence-corrected chi connectivity index (χ0v) is 13.1. The fourth-order valence-corrected chi connectivity index (χ4v) is 2.50. The summed E-state index contributed by atoms with van der Waals surface area (Å²) in [5.74, 6) is 0. The number of nitrogens with zero attached hydrogens (tertiary/aromatic N) is 2. The summed E-state index contributed by atoms with van der Waals surface area (Å²) in [4.78, 5) is 15.9. The van der Waals surface area contributed by atoms with E-state index in [9.17, 15) is 4.79 Å². The number of aromatic nitrogens is 2. The Bertz CT molecular complexity index is 493. The molecule has 1 aliphatic heterocycles. The summed E-state index contributed by atoms with van der Waals surface area (Å²) >= 11 is 0. The minimum atomic E-state index is -0.183. The summed E-state index contributed by atoms with van der Waals surface area (Å²) in [5.41, 5.74) is 1.60. The Labute approximate surface area is 121 Å². The van der Waals surface area contributed by atoms with E-state index in [1.165, 1.54) is 0 Å². The van der Waals surface area contributed by atoms with Crippen LogP contribution in [0.3, 0.4) is 0 Å². The fraction of sp³-hybridized carbons (Fsp3) is 0.625. The Morgan fingerprint density at radius 1 is 1.55 bits per heavy atom. The fourth-order valence-electron chi connectivity index (χ4n) is 2.50. The molecule has 4 heteroatoms. The van der Waals surface area contributed by atoms with Crippen LogP contribution < -0.4 is 5.69 Å². The maximum Gasteiger partial charge on any atom is 0.348 e. The van der Waals surface area contributed by atoms with E-state index in [0.29, 0.717) is 6.61 Å². The van der Waals surface area contributed by atoms with Crippen LogP contribution in [0.1, 0.15) is 58.7 Å². The average Bonchev–Trinajstić information content (AvgIpc) is 2.49. The quantitative estimate of drug-likeness (QED) is 0.850. The molecule has 1 aromatic rings. The van der Waals surface area contributed by atoms with E-state index >= 15 is 0 Å². The summed E-state index contributed by atoms with van der Waals surface area (Å²) in [6, 6.07) is 2.04. The molecule has 2 atom stereocenters. The third-order valence-corrected chi connectivity index (χ3v) is 3.48. The van der Waals surface area contributed by atoms with Crippen molar-refractivity contribution >= 4 is 5.57 Å². The van der Waals surface area contributed by atoms with Gasteiger partial charge in [-0.2, -0.15) is 0 Å². The van der Waals surface area contributed by atoms with Gasteiger partial charge in [0.2, 0.25) is 0 Å². The van der Waals surface area contributed by atoms with E-state index in [0.717, 1.165) is 30.5 Å². The van der Waals surface area contributed by atoms with Gasteiger partial charge in [0.15, 0.2) is 0 Å². The van der Waals surface area contributed by atoms with E-state index in [4.69, 9.17) is 4.74 Å². The molecule has 1 fully saturated rings. The number of allylic oxidation sites excluding steroid dienone is 1. The molecule has 1 aromatic heterocycles. The highest BCUT2D eigenvalue weighted by molar-refractivity contribution is 5.57. The first kappa shape index (κ1) is 16.6. The molecule has 1 aliphatic rings. The van der Waals surface area contributed by atoms with Crippen molar-refractivity contribution in [3.63, 3.8) is 0 Å². The van der Waals surface area contributed by atoms with Crippen LogP contribution in [0, 0.1) is 0 Å². The van der Waals surface area contributed by atoms with Crippen molar-refractivity contribution in [3.8, 4) is 0 Å². The van der Waals surface area contributed by atoms with Gasteiger partial charge in [-0.05, 0) is 37.8 Å². The number of hydrogen-bond acceptors (Lipinski definition) is 3. The van der Waals surface area contributed by atoms with Gasteiger partial charge in [-0.15, -0.1) is 0 Å². The lowest BCUT2D eigenvalue weighted by molar-refractivity contribution is -0.00812. The summed E-state index contributed by atoms with van der Waals surface area (Å²) in [7, 11) is 0. The Balaban J connectivity index is 0.000000956. The highest BCUT2D eigenvalue weighted by Crippen LogP contribution is 2.27. The van der Waals surface area contributed by atoms with E-state index in [1.807, 2.05) is 26.8 Å². The smallest absolute Gasteiger partial charge is 0.348 e. The average molecular weight is 278 g/mol. The van der Waals surface area contributed by atoms with Crippen LogP contribution in [0.4, 0.5) is 0 Å². The van der Waals surface area contributed by atoms with E-state index in [-0.39, 0.29) is 17.8 Å². The lowest BCUT2D eigenvalue weighted by Gasteiger charge is -2.31. The van der Waals surface area contributed by atoms with Crippen LogP contribution in [0.15, 0.2) is 23.6 Å². The van der Waals surface area contributed by atoms with Gasteiger partial charge in [0.25, 0.3) is 0 Å². The van der Waals surface area contributed by atoms with Gasteiger partial charge in [0.1, 0.15) is 0 Å². The summed E-state index contributed by atoms with van der Waals surface area (Å²) < 4.78 is 7.45. The molecule has 0 saturated carbocycles. The molecule has 2 heterocycles. The molecule has 112 valence electrons. The van der Waals surface area contributed by atoms with Crippen LogP contribution in [0.25, 0.3) is 5.57 Å². The van der Waals surface area contributed by atoms with Crippen molar-refractivity contribution < 1.29 is 4.74 Å². The molecule has 0 aromatic carbocycles. The first-order chi connectivity index (χ1) is 9.63. The van der Waals surface area contributed by atoms with Crippen LogP contribution in [0.5, 0.6) is 0 Å². The molecular formula is C16H26N2O2. The summed E-state index contributed by atoms with van der Waals surface area (Å²) in [6.07, 6.45) is 4.52. The van der Waals surface area contributed by atoms with Crippen molar-refractivity contribution in [1.29, 1.82) is 0 Å². The van der Waals surface area contributed by atoms with Gasteiger partial charge in [0, 0.05) is 24.5 Å². The van der Waals surface area contributed by atoms with Crippen molar-refractivity contribution in [2.75, 3.05) is 6.61 Å². The molecule has 20 heavy (non-hydrogen) atoms. The highest BCUT2D eigenvalue weighted by Gasteiger charge is 2.25. The van der Waals surface area contributed by atoms with Crippen molar-refractivity contribution in [3.05, 3.63) is 35.0 Å². The van der Waals surface area contributed by atoms with Gasteiger partial charge >= 0.3 is 5.69 Å². The Morgan fingerprint density at radius 2 is 2.25 bits per heavy atom. The molecule has 0 spiro atoms. The molecule has 0 N–H and O–H groups in total. The maximum absolute atomic E-state index is 12.0. The van der Waals surface area contributed by atoms with Gasteiger partial charge in [-0.3, -0.25) is 4.57 Å². The Kier molecular flexibility index (Phi) is 6.65. The lowest BCUT2D eigenvalue weighted by atomic mass is 10.0. The Morgan fingerprint density at radius 3 is 2.85 bits per heavy atom. The van der Waals surface area contributed by atoms with E-state index in [1.54, 1.807) is 10.8 Å². The zero-order chi connectivity index (χ0) is 15.1. The van der Waals surface area contributed by atoms with Crippen LogP contribution >= 0.6 is 0 Å². The largest absolute Gasteiger partial charge is 0.378 e. The monoisotopic (exact) mass is 278 g/mol. The van der Waals surface area contributed by atoms with Crippen molar-refractivity contribution in [2.45, 2.75) is 59.1 Å². The minimum absolute atomic E-state index is 0.177. The molecule has 0 amide bonds. The number of rotatable bonds is 3. The minimum Gasteiger partial charge on any atom is -0.378 e. The van der Waals surface area contributed by atoms with Crippen LogP contribution in [-0.4, -0.2) is 22.3 Å². The summed E-state index contributed by atoms with van der Waals surface area (Å²) in [5, 5.41) is 0. The third-order valence-electron chi connectivity index (χ3n) is 3.48. The van der Waals surface area contributed by atoms with Gasteiger partial charge in [-0.25, -0.2) is 9.78 Å². The van der Waals surface area contributed by atoms with Crippen molar-refractivity contribution in [1.82, 2.24) is 9.55 Å². The molecular weight excluding hydrogens is 252 g/mol. The number of hydrogen-bond donors (Lipinski definition) is 0. The predicted molar refractivity (Wildman–Crippen MR) is 82.9 cm³/mol. The normalized spacial score (nSPS) is 21.8. The molecule has 4 nitrogen and oxygen atoms in total. The molecule has 2 unspecified atom stereocenters. The van der Waals surface area contributed by atoms with Gasteiger partial charge < -0.3 is 4.74 Å². The molecule has 0 bridgehead atoms. The zero-order valence-electron chi connectivity index (χ0n) is 13.1. The first-order valence-electron chi connectivity index (χ1n) is 7.48. The topological polar surface area (TPSA) is 44.1 Å². The van der Waals surface area contributed by atoms with Gasteiger partial charge in [-0.1, -0.05) is 27.4 Å². The second kappa shape index (κ2) is 8.00. The third kappa shape index (κ3) is 3.79. The second-order valence-electron chi connectivity index (χ2n) is 4.84. The van der Waals surface area contributed by atoms with Crippen LogP contribution in [-0.2, 0) is 4.74 Å². The standard InChI is InChI=1S/C14H20N2O2.C2H6/c1-4-12-9-11(6-8-18-12)16-13(10(2)3)5-7-15-14(16)17;1-2/h5,7,11-12H,2,4,6,8-9H2,1,3H3;1-2H3. The maximum atomic E-state index is 12.0. The van der Waals surface area contributed by atoms with E-state index < -0.39 is 0 Å². The SMILES string of the molecule is C=C(C)c1ccnc(=O)n1C1CCOC(CC)C1.CC. The Hall–Kier alpha value is -1.42. The van der Waals surface area contributed by atoms with E-state index in [2.05, 4.69) is 18.5 Å². The predicted octanol–water partition coefficient (Wildman–Crippen LogP) is 3.43. The molecule has 1 saturated heterocycles. The number of ether oxygens (including phenoxy) is 1. The van der Waals surface area contributed by atoms with Crippen molar-refractivity contribution in [2.24, 2.45) is 0 Å². The highest BCUT2D eigenvalue weighted by atomic mass is 16.5. The molecule has 0 radical (unpaired) electrons.